The zero-order chi connectivity index (χ0) is 20.6. The quantitative estimate of drug-likeness (QED) is 0.129. The minimum Gasteiger partial charge on any atom is -0.449 e. The maximum absolute atomic E-state index is 11.8. The number of nitrogens with one attached hydrogen (secondary N) is 1. The van der Waals surface area contributed by atoms with Gasteiger partial charge < -0.3 is 31.0 Å². The lowest BCUT2D eigenvalue weighted by atomic mass is 10.2. The number of benzene rings is 1. The van der Waals surface area contributed by atoms with E-state index in [-0.39, 0.29) is 13.2 Å². The highest BCUT2D eigenvalue weighted by Crippen LogP contribution is 2.23. The highest BCUT2D eigenvalue weighted by atomic mass is 17.2. The first-order valence-corrected chi connectivity index (χ1v) is 8.23. The van der Waals surface area contributed by atoms with Crippen LogP contribution in [0.25, 0.3) is 0 Å². The molecule has 0 saturated carbocycles. The van der Waals surface area contributed by atoms with Gasteiger partial charge in [-0.15, -0.1) is 0 Å². The van der Waals surface area contributed by atoms with Gasteiger partial charge in [-0.1, -0.05) is 12.2 Å². The number of nitrogens with two attached hydrogens (primary N) is 2. The van der Waals surface area contributed by atoms with Gasteiger partial charge in [0.15, 0.2) is 0 Å². The minimum atomic E-state index is -0.583. The smallest absolute Gasteiger partial charge is 0.407 e. The van der Waals surface area contributed by atoms with Crippen molar-refractivity contribution in [3.8, 4) is 35.8 Å². The predicted molar refractivity (Wildman–Crippen MR) is 101 cm³/mol. The maximum atomic E-state index is 11.8. The molecule has 0 unspecified atom stereocenters. The summed E-state index contributed by atoms with van der Waals surface area (Å²) in [6, 6.07) is 9.10. The van der Waals surface area contributed by atoms with Crippen LogP contribution in [0, 0.1) is 24.3 Å². The summed E-state index contributed by atoms with van der Waals surface area (Å²) >= 11 is 0. The minimum absolute atomic E-state index is 0.163. The van der Waals surface area contributed by atoms with Crippen molar-refractivity contribution in [1.29, 1.82) is 0 Å². The van der Waals surface area contributed by atoms with Crippen LogP contribution in [0.5, 0.6) is 11.5 Å². The second-order valence-electron chi connectivity index (χ2n) is 5.39. The fourth-order valence-corrected chi connectivity index (χ4v) is 1.74. The normalized spacial score (nSPS) is 9.18. The highest BCUT2D eigenvalue weighted by Gasteiger charge is 2.06. The van der Waals surface area contributed by atoms with Gasteiger partial charge in [0.2, 0.25) is 0 Å². The largest absolute Gasteiger partial charge is 0.449 e. The third-order valence-electron chi connectivity index (χ3n) is 2.83. The monoisotopic (exact) mass is 389 g/mol. The van der Waals surface area contributed by atoms with Gasteiger partial charge in [-0.2, -0.15) is 0 Å². The summed E-state index contributed by atoms with van der Waals surface area (Å²) in [5.74, 6) is 0.734. The van der Waals surface area contributed by atoms with Crippen molar-refractivity contribution >= 4 is 6.09 Å². The van der Waals surface area contributed by atoms with Crippen LogP contribution in [0.1, 0.15) is 18.9 Å². The second kappa shape index (κ2) is 13.6. The van der Waals surface area contributed by atoms with E-state index < -0.39 is 6.09 Å². The molecule has 9 heteroatoms. The van der Waals surface area contributed by atoms with E-state index in [9.17, 15) is 4.79 Å². The van der Waals surface area contributed by atoms with E-state index in [1.807, 2.05) is 6.92 Å². The van der Waals surface area contributed by atoms with Crippen molar-refractivity contribution in [2.45, 2.75) is 19.9 Å². The van der Waals surface area contributed by atoms with E-state index in [4.69, 9.17) is 35.5 Å². The number of hydrogen-bond acceptors (Lipinski definition) is 8. The van der Waals surface area contributed by atoms with E-state index in [1.165, 1.54) is 0 Å². The van der Waals surface area contributed by atoms with Gasteiger partial charge in [0.05, 0.1) is 13.2 Å². The lowest BCUT2D eigenvalue weighted by Gasteiger charge is -2.09. The molecule has 0 aromatic heterocycles. The molecule has 0 heterocycles. The Morgan fingerprint density at radius 3 is 2.29 bits per heavy atom. The Morgan fingerprint density at radius 1 is 1.07 bits per heavy atom. The summed E-state index contributed by atoms with van der Waals surface area (Å²) in [6.07, 6.45) is 4.44. The molecule has 28 heavy (non-hydrogen) atoms. The number of carbonyl (C=O) groups is 1. The molecule has 150 valence electrons. The molecule has 0 atom stereocenters. The first-order valence-electron chi connectivity index (χ1n) is 8.23. The molecule has 0 aliphatic heterocycles. The van der Waals surface area contributed by atoms with Crippen molar-refractivity contribution in [1.82, 2.24) is 5.32 Å². The van der Waals surface area contributed by atoms with Crippen LogP contribution < -0.4 is 26.3 Å². The van der Waals surface area contributed by atoms with Crippen LogP contribution in [-0.2, 0) is 21.1 Å². The lowest BCUT2D eigenvalue weighted by Crippen LogP contribution is -2.24. The van der Waals surface area contributed by atoms with Crippen molar-refractivity contribution in [3.05, 3.63) is 35.9 Å². The van der Waals surface area contributed by atoms with Crippen LogP contribution in [0.3, 0.4) is 0 Å². The van der Waals surface area contributed by atoms with Crippen LogP contribution in [0.4, 0.5) is 4.79 Å². The summed E-state index contributed by atoms with van der Waals surface area (Å²) in [5.41, 5.74) is 11.7. The molecule has 9 nitrogen and oxygen atoms in total. The summed E-state index contributed by atoms with van der Waals surface area (Å²) in [6.45, 7) is 6.46. The third kappa shape index (κ3) is 10.5. The predicted octanol–water partition coefficient (Wildman–Crippen LogP) is 1.34. The highest BCUT2D eigenvalue weighted by molar-refractivity contribution is 5.67. The van der Waals surface area contributed by atoms with Crippen LogP contribution in [0.15, 0.2) is 30.4 Å². The van der Waals surface area contributed by atoms with Gasteiger partial charge in [-0.25, -0.2) is 14.6 Å². The molecule has 0 radical (unpaired) electrons. The van der Waals surface area contributed by atoms with Gasteiger partial charge >= 0.3 is 6.09 Å². The molecule has 0 saturated heterocycles. The van der Waals surface area contributed by atoms with Gasteiger partial charge in [-0.05, 0) is 24.6 Å². The van der Waals surface area contributed by atoms with Crippen molar-refractivity contribution in [3.63, 3.8) is 0 Å². The lowest BCUT2D eigenvalue weighted by molar-refractivity contribution is -0.288. The molecule has 0 bridgehead atoms. The van der Waals surface area contributed by atoms with E-state index in [0.29, 0.717) is 36.7 Å². The molecule has 1 rings (SSSR count). The van der Waals surface area contributed by atoms with Crippen molar-refractivity contribution in [2.75, 3.05) is 19.8 Å². The first kappa shape index (κ1) is 22.5. The SMILES string of the molecule is C=C(C)COOCCCOC(=O)NCc1cc(OC#CN)cc(OC#CN)c1. The van der Waals surface area contributed by atoms with Gasteiger partial charge in [-0.3, -0.25) is 0 Å². The van der Waals surface area contributed by atoms with Crippen LogP contribution in [0.2, 0.25) is 0 Å². The maximum Gasteiger partial charge on any atom is 0.407 e. The molecule has 1 amide bonds. The second-order valence-corrected chi connectivity index (χ2v) is 5.39. The average molecular weight is 389 g/mol. The van der Waals surface area contributed by atoms with E-state index in [2.05, 4.69) is 36.2 Å². The van der Waals surface area contributed by atoms with Gasteiger partial charge in [0.1, 0.15) is 30.3 Å². The topological polar surface area (TPSA) is 127 Å². The third-order valence-corrected chi connectivity index (χ3v) is 2.83. The van der Waals surface area contributed by atoms with Gasteiger partial charge in [0.25, 0.3) is 0 Å². The molecule has 5 N–H and O–H groups in total. The Labute approximate surface area is 163 Å². The van der Waals surface area contributed by atoms with Crippen LogP contribution >= 0.6 is 0 Å². The molecule has 1 aromatic rings. The molecular weight excluding hydrogens is 366 g/mol. The fraction of sp³-hybridized carbons (Fsp3) is 0.316. The molecule has 0 spiro atoms. The average Bonchev–Trinajstić information content (AvgIpc) is 2.68. The summed E-state index contributed by atoms with van der Waals surface area (Å²) < 4.78 is 15.3. The zero-order valence-electron chi connectivity index (χ0n) is 15.6. The van der Waals surface area contributed by atoms with E-state index in [0.717, 1.165) is 5.57 Å². The summed E-state index contributed by atoms with van der Waals surface area (Å²) in [4.78, 5) is 21.5. The standard InChI is InChI=1S/C19H23N3O6/c1-15(2)14-28-27-7-3-6-26-19(23)22-13-16-10-17(24-8-4-20)12-18(11-16)25-9-5-21/h10-12H,1,3,6-7,13-14,20-21H2,2H3,(H,22,23). The van der Waals surface area contributed by atoms with Crippen LogP contribution in [-0.4, -0.2) is 25.9 Å². The molecule has 0 aliphatic carbocycles. The Kier molecular flexibility index (Phi) is 11.0. The van der Waals surface area contributed by atoms with Gasteiger partial charge in [0, 0.05) is 31.1 Å². The Hall–Kier alpha value is -3.53. The molecule has 0 fully saturated rings. The van der Waals surface area contributed by atoms with E-state index in [1.54, 1.807) is 18.2 Å². The Morgan fingerprint density at radius 2 is 1.71 bits per heavy atom. The number of carbonyl (C=O) groups excluding carboxylic acids is 1. The number of amides is 1. The molecule has 1 aromatic carbocycles. The molecular formula is C19H23N3O6. The zero-order valence-corrected chi connectivity index (χ0v) is 15.6. The molecule has 0 aliphatic rings. The Bertz CT molecular complexity index is 733. The van der Waals surface area contributed by atoms with Crippen molar-refractivity contribution in [2.24, 2.45) is 11.5 Å². The van der Waals surface area contributed by atoms with Crippen molar-refractivity contribution < 1.29 is 28.8 Å². The summed E-state index contributed by atoms with van der Waals surface area (Å²) in [5, 5.41) is 2.61. The summed E-state index contributed by atoms with van der Waals surface area (Å²) in [7, 11) is 0. The number of ether oxygens (including phenoxy) is 3. The fourth-order valence-electron chi connectivity index (χ4n) is 1.74. The first-order chi connectivity index (χ1) is 13.5. The van der Waals surface area contributed by atoms with E-state index >= 15 is 0 Å². The number of rotatable bonds is 11. The number of hydrogen-bond donors (Lipinski definition) is 3. The number of alkyl carbamates (subject to hydrolysis) is 1. The Balaban J connectivity index is 2.42.